The van der Waals surface area contributed by atoms with Crippen molar-refractivity contribution in [2.75, 3.05) is 20.1 Å². The van der Waals surface area contributed by atoms with Crippen LogP contribution in [0.4, 0.5) is 4.79 Å². The maximum atomic E-state index is 13.0. The molecule has 2 fully saturated rings. The molecule has 5 amide bonds. The van der Waals surface area contributed by atoms with E-state index in [2.05, 4.69) is 24.5 Å². The highest BCUT2D eigenvalue weighted by Crippen LogP contribution is 2.30. The minimum atomic E-state index is -1.23. The highest BCUT2D eigenvalue weighted by molar-refractivity contribution is 6.09. The second kappa shape index (κ2) is 7.85. The summed E-state index contributed by atoms with van der Waals surface area (Å²) in [5.41, 5.74) is 0.564. The fraction of sp³-hybridized carbons (Fsp3) is 0.524. The number of benzene rings is 1. The van der Waals surface area contributed by atoms with Crippen molar-refractivity contribution in [3.05, 3.63) is 35.4 Å². The van der Waals surface area contributed by atoms with E-state index < -0.39 is 29.9 Å². The Morgan fingerprint density at radius 1 is 1.24 bits per heavy atom. The Balaban J connectivity index is 1.66. The normalized spacial score (nSPS) is 21.3. The molecule has 0 bridgehead atoms. The van der Waals surface area contributed by atoms with Gasteiger partial charge in [-0.25, -0.2) is 4.79 Å². The van der Waals surface area contributed by atoms with Crippen LogP contribution in [0.5, 0.6) is 0 Å². The van der Waals surface area contributed by atoms with Crippen molar-refractivity contribution in [2.45, 2.75) is 51.1 Å². The Bertz CT molecular complexity index is 832. The zero-order chi connectivity index (χ0) is 21.3. The lowest BCUT2D eigenvalue weighted by atomic mass is 9.90. The Hall–Kier alpha value is -2.90. The van der Waals surface area contributed by atoms with Crippen molar-refractivity contribution < 1.29 is 19.2 Å². The molecule has 1 aliphatic carbocycles. The van der Waals surface area contributed by atoms with Crippen LogP contribution in [-0.4, -0.2) is 59.7 Å². The number of nitrogens with zero attached hydrogens (tertiary/aromatic N) is 2. The Labute approximate surface area is 170 Å². The van der Waals surface area contributed by atoms with Crippen molar-refractivity contribution in [3.63, 3.8) is 0 Å². The Kier molecular flexibility index (Phi) is 5.64. The molecule has 3 rings (SSSR count). The van der Waals surface area contributed by atoms with Gasteiger partial charge in [0.15, 0.2) is 0 Å². The first-order chi connectivity index (χ1) is 13.6. The molecule has 1 aromatic carbocycles. The fourth-order valence-electron chi connectivity index (χ4n) is 3.30. The third-order valence-corrected chi connectivity index (χ3v) is 5.47. The van der Waals surface area contributed by atoms with E-state index in [1.165, 1.54) is 11.9 Å². The van der Waals surface area contributed by atoms with Crippen molar-refractivity contribution in [2.24, 2.45) is 0 Å². The average molecular weight is 400 g/mol. The molecular formula is C21H28N4O4. The first kappa shape index (κ1) is 20.8. The molecule has 0 aromatic heterocycles. The number of carbonyl (C=O) groups is 4. The quantitative estimate of drug-likeness (QED) is 0.674. The minimum Gasteiger partial charge on any atom is -0.352 e. The smallest absolute Gasteiger partial charge is 0.325 e. The van der Waals surface area contributed by atoms with Gasteiger partial charge in [0.1, 0.15) is 12.1 Å². The second-order valence-corrected chi connectivity index (χ2v) is 8.31. The molecule has 1 aliphatic heterocycles. The van der Waals surface area contributed by atoms with Gasteiger partial charge in [-0.2, -0.15) is 0 Å². The van der Waals surface area contributed by atoms with Gasteiger partial charge in [0, 0.05) is 13.1 Å². The number of hydrogen-bond acceptors (Lipinski definition) is 4. The lowest BCUT2D eigenvalue weighted by Gasteiger charge is -2.23. The zero-order valence-corrected chi connectivity index (χ0v) is 17.3. The summed E-state index contributed by atoms with van der Waals surface area (Å²) in [6, 6.07) is 7.12. The molecule has 8 nitrogen and oxygen atoms in total. The van der Waals surface area contributed by atoms with Crippen LogP contribution in [0.15, 0.2) is 24.3 Å². The monoisotopic (exact) mass is 400 g/mol. The zero-order valence-electron chi connectivity index (χ0n) is 17.3. The first-order valence-corrected chi connectivity index (χ1v) is 9.89. The van der Waals surface area contributed by atoms with Crippen molar-refractivity contribution in [1.82, 2.24) is 20.4 Å². The summed E-state index contributed by atoms with van der Waals surface area (Å²) in [5.74, 6) is -0.842. The van der Waals surface area contributed by atoms with Crippen LogP contribution < -0.4 is 10.6 Å². The molecule has 2 aliphatic rings. The number of urea groups is 1. The Morgan fingerprint density at radius 3 is 2.41 bits per heavy atom. The molecular weight excluding hydrogens is 372 g/mol. The van der Waals surface area contributed by atoms with E-state index >= 15 is 0 Å². The molecule has 0 radical (unpaired) electrons. The molecule has 1 atom stereocenters. The molecule has 0 unspecified atom stereocenters. The summed E-state index contributed by atoms with van der Waals surface area (Å²) in [7, 11) is 1.48. The van der Waals surface area contributed by atoms with E-state index in [1.54, 1.807) is 6.92 Å². The molecule has 29 heavy (non-hydrogen) atoms. The maximum absolute atomic E-state index is 13.0. The van der Waals surface area contributed by atoms with Crippen molar-refractivity contribution >= 4 is 23.8 Å². The van der Waals surface area contributed by atoms with Crippen LogP contribution in [0.2, 0.25) is 0 Å². The van der Waals surface area contributed by atoms with E-state index in [1.807, 2.05) is 24.3 Å². The molecule has 0 spiro atoms. The Morgan fingerprint density at radius 2 is 1.86 bits per heavy atom. The second-order valence-electron chi connectivity index (χ2n) is 8.31. The largest absolute Gasteiger partial charge is 0.352 e. The van der Waals surface area contributed by atoms with Gasteiger partial charge in [0.2, 0.25) is 11.8 Å². The number of hydrogen-bond donors (Lipinski definition) is 2. The van der Waals surface area contributed by atoms with Gasteiger partial charge in [-0.05, 0) is 36.8 Å². The molecule has 8 heteroatoms. The molecule has 1 saturated carbocycles. The SMILES string of the molecule is CC(C)c1ccc([C@@]2(C)NC(=O)N(CC(=O)N(C)CC(=O)NC3CC3)C2=O)cc1. The van der Waals surface area contributed by atoms with Crippen molar-refractivity contribution in [3.8, 4) is 0 Å². The molecule has 1 heterocycles. The summed E-state index contributed by atoms with van der Waals surface area (Å²) in [6.45, 7) is 5.28. The van der Waals surface area contributed by atoms with E-state index in [0.29, 0.717) is 11.5 Å². The van der Waals surface area contributed by atoms with Crippen LogP contribution in [0.1, 0.15) is 50.7 Å². The third kappa shape index (κ3) is 4.41. The van der Waals surface area contributed by atoms with E-state index in [0.717, 1.165) is 23.3 Å². The van der Waals surface area contributed by atoms with Crippen LogP contribution in [0, 0.1) is 0 Å². The summed E-state index contributed by atoms with van der Waals surface area (Å²) < 4.78 is 0. The van der Waals surface area contributed by atoms with E-state index in [4.69, 9.17) is 0 Å². The average Bonchev–Trinajstić information content (AvgIpc) is 3.45. The van der Waals surface area contributed by atoms with Crippen LogP contribution >= 0.6 is 0 Å². The number of carbonyl (C=O) groups excluding carboxylic acids is 4. The van der Waals surface area contributed by atoms with E-state index in [-0.39, 0.29) is 18.5 Å². The van der Waals surface area contributed by atoms with Gasteiger partial charge in [-0.1, -0.05) is 38.1 Å². The number of rotatable bonds is 7. The summed E-state index contributed by atoms with van der Waals surface area (Å²) in [5, 5.41) is 5.51. The lowest BCUT2D eigenvalue weighted by molar-refractivity contribution is -0.139. The summed E-state index contributed by atoms with van der Waals surface area (Å²) in [6.07, 6.45) is 1.92. The maximum Gasteiger partial charge on any atom is 0.325 e. The standard InChI is InChI=1S/C21H28N4O4/c1-13(2)14-5-7-15(8-6-14)21(3)19(28)25(20(29)23-21)12-18(27)24(4)11-17(26)22-16-9-10-16/h5-8,13,16H,9-12H2,1-4H3,(H,22,26)(H,23,29)/t21-/m1/s1. The van der Waals surface area contributed by atoms with Crippen molar-refractivity contribution in [1.29, 1.82) is 0 Å². The van der Waals surface area contributed by atoms with Crippen LogP contribution in [0.3, 0.4) is 0 Å². The fourth-order valence-corrected chi connectivity index (χ4v) is 3.30. The number of nitrogens with one attached hydrogen (secondary N) is 2. The lowest BCUT2D eigenvalue weighted by Crippen LogP contribution is -2.46. The summed E-state index contributed by atoms with van der Waals surface area (Å²) >= 11 is 0. The minimum absolute atomic E-state index is 0.104. The summed E-state index contributed by atoms with van der Waals surface area (Å²) in [4.78, 5) is 51.9. The number of likely N-dealkylation sites (N-methyl/N-ethyl adjacent to an activating group) is 1. The van der Waals surface area contributed by atoms with Gasteiger partial charge in [-0.15, -0.1) is 0 Å². The van der Waals surface area contributed by atoms with Gasteiger partial charge >= 0.3 is 6.03 Å². The predicted octanol–water partition coefficient (Wildman–Crippen LogP) is 1.31. The predicted molar refractivity (Wildman–Crippen MR) is 107 cm³/mol. The number of amides is 5. The molecule has 1 aromatic rings. The first-order valence-electron chi connectivity index (χ1n) is 9.89. The van der Waals surface area contributed by atoms with Gasteiger partial charge in [0.25, 0.3) is 5.91 Å². The topological polar surface area (TPSA) is 98.8 Å². The van der Waals surface area contributed by atoms with Gasteiger partial charge < -0.3 is 15.5 Å². The van der Waals surface area contributed by atoms with Gasteiger partial charge in [0.05, 0.1) is 6.54 Å². The van der Waals surface area contributed by atoms with E-state index in [9.17, 15) is 19.2 Å². The molecule has 156 valence electrons. The molecule has 1 saturated heterocycles. The van der Waals surface area contributed by atoms with Crippen LogP contribution in [0.25, 0.3) is 0 Å². The number of imide groups is 1. The molecule has 2 N–H and O–H groups in total. The highest BCUT2D eigenvalue weighted by atomic mass is 16.2. The highest BCUT2D eigenvalue weighted by Gasteiger charge is 2.49. The van der Waals surface area contributed by atoms with Gasteiger partial charge in [-0.3, -0.25) is 19.3 Å². The van der Waals surface area contributed by atoms with Crippen LogP contribution in [-0.2, 0) is 19.9 Å². The third-order valence-electron chi connectivity index (χ3n) is 5.47.